The van der Waals surface area contributed by atoms with Crippen molar-refractivity contribution < 1.29 is 4.74 Å². The van der Waals surface area contributed by atoms with Crippen LogP contribution in [0.15, 0.2) is 16.9 Å². The minimum absolute atomic E-state index is 0.0968. The zero-order valence-corrected chi connectivity index (χ0v) is 12.7. The van der Waals surface area contributed by atoms with Gasteiger partial charge < -0.3 is 14.6 Å². The molecule has 0 amide bonds. The van der Waals surface area contributed by atoms with Crippen LogP contribution in [0.2, 0.25) is 0 Å². The Morgan fingerprint density at radius 2 is 2.25 bits per heavy atom. The summed E-state index contributed by atoms with van der Waals surface area (Å²) < 4.78 is 7.31. The van der Waals surface area contributed by atoms with Crippen LogP contribution in [0.3, 0.4) is 0 Å². The van der Waals surface area contributed by atoms with Gasteiger partial charge in [-0.2, -0.15) is 0 Å². The van der Waals surface area contributed by atoms with Gasteiger partial charge in [-0.3, -0.25) is 4.79 Å². The standard InChI is InChI=1S/C16H26N2O2/c1-3-10-17-14-6-5-7-15-13(14)8-9-16(19)18(15)11-12-20-4-2/h8-9,14,17H,3-7,10-12H2,1-2H3. The molecule has 0 fully saturated rings. The number of nitrogens with zero attached hydrogens (tertiary/aromatic N) is 1. The molecule has 1 atom stereocenters. The highest BCUT2D eigenvalue weighted by atomic mass is 16.5. The van der Waals surface area contributed by atoms with Gasteiger partial charge in [-0.25, -0.2) is 0 Å². The van der Waals surface area contributed by atoms with E-state index in [2.05, 4.69) is 12.2 Å². The van der Waals surface area contributed by atoms with Crippen molar-refractivity contribution in [2.45, 2.75) is 52.1 Å². The minimum atomic E-state index is 0.0968. The normalized spacial score (nSPS) is 18.0. The first-order chi connectivity index (χ1) is 9.77. The van der Waals surface area contributed by atoms with E-state index >= 15 is 0 Å². The Kier molecular flexibility index (Phi) is 5.80. The lowest BCUT2D eigenvalue weighted by Gasteiger charge is -2.28. The van der Waals surface area contributed by atoms with E-state index in [0.29, 0.717) is 25.8 Å². The fraction of sp³-hybridized carbons (Fsp3) is 0.688. The Morgan fingerprint density at radius 3 is 3.00 bits per heavy atom. The molecule has 1 aliphatic carbocycles. The predicted octanol–water partition coefficient (Wildman–Crippen LogP) is 2.26. The van der Waals surface area contributed by atoms with Crippen LogP contribution in [0.4, 0.5) is 0 Å². The smallest absolute Gasteiger partial charge is 0.250 e. The highest BCUT2D eigenvalue weighted by molar-refractivity contribution is 5.27. The molecule has 2 rings (SSSR count). The van der Waals surface area contributed by atoms with Crippen molar-refractivity contribution >= 4 is 0 Å². The van der Waals surface area contributed by atoms with Crippen LogP contribution in [0, 0.1) is 0 Å². The lowest BCUT2D eigenvalue weighted by molar-refractivity contribution is 0.137. The van der Waals surface area contributed by atoms with Gasteiger partial charge in [0.1, 0.15) is 0 Å². The van der Waals surface area contributed by atoms with Gasteiger partial charge in [0.15, 0.2) is 0 Å². The van der Waals surface area contributed by atoms with E-state index in [0.717, 1.165) is 32.2 Å². The number of hydrogen-bond donors (Lipinski definition) is 1. The fourth-order valence-corrected chi connectivity index (χ4v) is 2.94. The molecule has 1 aliphatic rings. The van der Waals surface area contributed by atoms with Crippen LogP contribution in [-0.2, 0) is 17.7 Å². The summed E-state index contributed by atoms with van der Waals surface area (Å²) in [6, 6.07) is 4.12. The molecule has 1 aromatic heterocycles. The SMILES string of the molecule is CCCNC1CCCc2c1ccc(=O)n2CCOCC. The number of ether oxygens (including phenoxy) is 1. The quantitative estimate of drug-likeness (QED) is 0.778. The van der Waals surface area contributed by atoms with Crippen LogP contribution in [0.5, 0.6) is 0 Å². The van der Waals surface area contributed by atoms with E-state index in [1.54, 1.807) is 6.07 Å². The Balaban J connectivity index is 2.22. The highest BCUT2D eigenvalue weighted by Gasteiger charge is 2.22. The average molecular weight is 278 g/mol. The van der Waals surface area contributed by atoms with Crippen molar-refractivity contribution in [2.75, 3.05) is 19.8 Å². The molecule has 1 N–H and O–H groups in total. The molecule has 4 heteroatoms. The highest BCUT2D eigenvalue weighted by Crippen LogP contribution is 2.28. The molecule has 0 saturated carbocycles. The Morgan fingerprint density at radius 1 is 1.40 bits per heavy atom. The molecule has 0 spiro atoms. The summed E-state index contributed by atoms with van der Waals surface area (Å²) in [5.74, 6) is 0. The van der Waals surface area contributed by atoms with Crippen molar-refractivity contribution in [1.82, 2.24) is 9.88 Å². The number of hydrogen-bond acceptors (Lipinski definition) is 3. The van der Waals surface area contributed by atoms with Gasteiger partial charge in [-0.1, -0.05) is 13.0 Å². The molecule has 112 valence electrons. The lowest BCUT2D eigenvalue weighted by atomic mass is 9.90. The molecule has 0 bridgehead atoms. The van der Waals surface area contributed by atoms with Gasteiger partial charge in [0.25, 0.3) is 5.56 Å². The number of nitrogens with one attached hydrogen (secondary N) is 1. The van der Waals surface area contributed by atoms with Crippen molar-refractivity contribution in [2.24, 2.45) is 0 Å². The Labute approximate surface area is 121 Å². The van der Waals surface area contributed by atoms with Gasteiger partial charge in [-0.15, -0.1) is 0 Å². The summed E-state index contributed by atoms with van der Waals surface area (Å²) in [6.07, 6.45) is 4.45. The predicted molar refractivity (Wildman–Crippen MR) is 81.2 cm³/mol. The van der Waals surface area contributed by atoms with Crippen molar-refractivity contribution in [3.63, 3.8) is 0 Å². The summed E-state index contributed by atoms with van der Waals surface area (Å²) in [6.45, 7) is 7.16. The Hall–Kier alpha value is -1.13. The summed E-state index contributed by atoms with van der Waals surface area (Å²) in [5, 5.41) is 3.59. The van der Waals surface area contributed by atoms with Gasteiger partial charge in [0.2, 0.25) is 0 Å². The van der Waals surface area contributed by atoms with E-state index in [4.69, 9.17) is 4.74 Å². The second-order valence-corrected chi connectivity index (χ2v) is 5.32. The molecule has 4 nitrogen and oxygen atoms in total. The van der Waals surface area contributed by atoms with Gasteiger partial charge >= 0.3 is 0 Å². The fourth-order valence-electron chi connectivity index (χ4n) is 2.94. The van der Waals surface area contributed by atoms with Gasteiger partial charge in [-0.05, 0) is 44.7 Å². The number of rotatable bonds is 7. The third-order valence-electron chi connectivity index (χ3n) is 3.92. The van der Waals surface area contributed by atoms with Crippen molar-refractivity contribution in [1.29, 1.82) is 0 Å². The molecule has 0 aliphatic heterocycles. The number of aromatic nitrogens is 1. The summed E-state index contributed by atoms with van der Waals surface area (Å²) >= 11 is 0. The van der Waals surface area contributed by atoms with E-state index in [1.165, 1.54) is 11.3 Å². The molecule has 1 heterocycles. The lowest BCUT2D eigenvalue weighted by Crippen LogP contribution is -2.32. The number of pyridine rings is 1. The maximum absolute atomic E-state index is 12.1. The van der Waals surface area contributed by atoms with Crippen LogP contribution in [0.1, 0.15) is 50.4 Å². The summed E-state index contributed by atoms with van der Waals surface area (Å²) in [7, 11) is 0. The maximum Gasteiger partial charge on any atom is 0.250 e. The first kappa shape index (κ1) is 15.3. The molecule has 0 aromatic carbocycles. The Bertz CT molecular complexity index is 482. The van der Waals surface area contributed by atoms with Gasteiger partial charge in [0.05, 0.1) is 6.61 Å². The monoisotopic (exact) mass is 278 g/mol. The first-order valence-corrected chi connectivity index (χ1v) is 7.81. The zero-order chi connectivity index (χ0) is 14.4. The number of fused-ring (bicyclic) bond motifs is 1. The van der Waals surface area contributed by atoms with Crippen molar-refractivity contribution in [3.8, 4) is 0 Å². The maximum atomic E-state index is 12.1. The average Bonchev–Trinajstić information content (AvgIpc) is 2.47. The third-order valence-corrected chi connectivity index (χ3v) is 3.92. The summed E-state index contributed by atoms with van der Waals surface area (Å²) in [5.41, 5.74) is 2.61. The zero-order valence-electron chi connectivity index (χ0n) is 12.7. The van der Waals surface area contributed by atoms with E-state index in [-0.39, 0.29) is 5.56 Å². The van der Waals surface area contributed by atoms with Gasteiger partial charge in [0, 0.05) is 31.0 Å². The van der Waals surface area contributed by atoms with E-state index in [9.17, 15) is 4.79 Å². The minimum Gasteiger partial charge on any atom is -0.380 e. The largest absolute Gasteiger partial charge is 0.380 e. The molecule has 20 heavy (non-hydrogen) atoms. The van der Waals surface area contributed by atoms with Crippen LogP contribution >= 0.6 is 0 Å². The van der Waals surface area contributed by atoms with E-state index < -0.39 is 0 Å². The van der Waals surface area contributed by atoms with Crippen LogP contribution in [-0.4, -0.2) is 24.3 Å². The molecule has 1 unspecified atom stereocenters. The molecule has 0 radical (unpaired) electrons. The first-order valence-electron chi connectivity index (χ1n) is 7.81. The second-order valence-electron chi connectivity index (χ2n) is 5.32. The van der Waals surface area contributed by atoms with Crippen LogP contribution < -0.4 is 10.9 Å². The third kappa shape index (κ3) is 3.49. The van der Waals surface area contributed by atoms with Crippen LogP contribution in [0.25, 0.3) is 0 Å². The topological polar surface area (TPSA) is 43.3 Å². The molecule has 1 aromatic rings. The van der Waals surface area contributed by atoms with E-state index in [1.807, 2.05) is 17.6 Å². The second kappa shape index (κ2) is 7.60. The summed E-state index contributed by atoms with van der Waals surface area (Å²) in [4.78, 5) is 12.1. The molecular formula is C16H26N2O2. The molecule has 0 saturated heterocycles. The molecular weight excluding hydrogens is 252 g/mol. The van der Waals surface area contributed by atoms with Crippen molar-refractivity contribution in [3.05, 3.63) is 33.7 Å².